The van der Waals surface area contributed by atoms with Gasteiger partial charge in [-0.1, -0.05) is 0 Å². The summed E-state index contributed by atoms with van der Waals surface area (Å²) < 4.78 is 26.0. The Labute approximate surface area is 86.5 Å². The molecule has 1 aliphatic heterocycles. The van der Waals surface area contributed by atoms with Crippen LogP contribution in [0, 0.1) is 0 Å². The van der Waals surface area contributed by atoms with Crippen LogP contribution in [0.3, 0.4) is 0 Å². The van der Waals surface area contributed by atoms with Crippen LogP contribution in [0.15, 0.2) is 0 Å². The van der Waals surface area contributed by atoms with E-state index < -0.39 is 10.0 Å². The normalized spacial score (nSPS) is 29.4. The average molecular weight is 220 g/mol. The Morgan fingerprint density at radius 1 is 1.43 bits per heavy atom. The molecule has 0 saturated carbocycles. The van der Waals surface area contributed by atoms with Crippen LogP contribution in [0.2, 0.25) is 0 Å². The first-order valence-corrected chi connectivity index (χ1v) is 6.72. The second kappa shape index (κ2) is 4.59. The van der Waals surface area contributed by atoms with Crippen LogP contribution < -0.4 is 10.0 Å². The maximum Gasteiger partial charge on any atom is 0.214 e. The van der Waals surface area contributed by atoms with Crippen LogP contribution in [0.25, 0.3) is 0 Å². The zero-order valence-electron chi connectivity index (χ0n) is 9.08. The number of hydrogen-bond donors (Lipinski definition) is 2. The lowest BCUT2D eigenvalue weighted by Crippen LogP contribution is -2.53. The highest BCUT2D eigenvalue weighted by molar-refractivity contribution is 7.90. The molecular formula is C9H20N2O2S. The lowest BCUT2D eigenvalue weighted by Gasteiger charge is -2.30. The fraction of sp³-hybridized carbons (Fsp3) is 1.00. The highest BCUT2D eigenvalue weighted by Gasteiger charge is 2.26. The van der Waals surface area contributed by atoms with E-state index in [1.807, 2.05) is 6.92 Å². The van der Waals surface area contributed by atoms with E-state index in [4.69, 9.17) is 0 Å². The summed E-state index contributed by atoms with van der Waals surface area (Å²) in [6.07, 6.45) is 1.97. The molecule has 0 aromatic carbocycles. The third-order valence-corrected chi connectivity index (χ3v) is 4.57. The monoisotopic (exact) mass is 220 g/mol. The molecule has 0 aromatic heterocycles. The third-order valence-electron chi connectivity index (χ3n) is 2.70. The van der Waals surface area contributed by atoms with Gasteiger partial charge in [0, 0.05) is 12.1 Å². The van der Waals surface area contributed by atoms with E-state index in [1.165, 1.54) is 0 Å². The van der Waals surface area contributed by atoms with Crippen molar-refractivity contribution in [3.05, 3.63) is 0 Å². The molecule has 2 N–H and O–H groups in total. The molecule has 0 spiro atoms. The molecule has 1 heterocycles. The first-order chi connectivity index (χ1) is 6.43. The Bertz CT molecular complexity index is 275. The molecule has 1 aliphatic rings. The smallest absolute Gasteiger partial charge is 0.214 e. The molecule has 0 unspecified atom stereocenters. The highest BCUT2D eigenvalue weighted by atomic mass is 32.2. The molecule has 84 valence electrons. The van der Waals surface area contributed by atoms with Gasteiger partial charge in [-0.3, -0.25) is 0 Å². The molecule has 1 fully saturated rings. The van der Waals surface area contributed by atoms with Crippen LogP contribution in [0.5, 0.6) is 0 Å². The van der Waals surface area contributed by atoms with Crippen LogP contribution in [0.1, 0.15) is 33.6 Å². The molecule has 5 heteroatoms. The van der Waals surface area contributed by atoms with Crippen molar-refractivity contribution in [3.8, 4) is 0 Å². The number of piperidine rings is 1. The Balaban J connectivity index is 2.58. The van der Waals surface area contributed by atoms with Crippen molar-refractivity contribution in [1.82, 2.24) is 10.0 Å². The maximum absolute atomic E-state index is 11.6. The predicted octanol–water partition coefficient (Wildman–Crippen LogP) is 0.455. The topological polar surface area (TPSA) is 58.2 Å². The van der Waals surface area contributed by atoms with Crippen molar-refractivity contribution in [2.75, 3.05) is 6.54 Å². The van der Waals surface area contributed by atoms with Crippen LogP contribution in [0.4, 0.5) is 0 Å². The molecule has 2 atom stereocenters. The number of sulfonamides is 1. The van der Waals surface area contributed by atoms with E-state index in [0.717, 1.165) is 19.4 Å². The van der Waals surface area contributed by atoms with Crippen molar-refractivity contribution in [2.24, 2.45) is 0 Å². The van der Waals surface area contributed by atoms with Crippen molar-refractivity contribution in [2.45, 2.75) is 50.9 Å². The summed E-state index contributed by atoms with van der Waals surface area (Å²) >= 11 is 0. The minimum absolute atomic E-state index is 0.0520. The molecule has 14 heavy (non-hydrogen) atoms. The first kappa shape index (κ1) is 11.9. The molecule has 1 saturated heterocycles. The summed E-state index contributed by atoms with van der Waals surface area (Å²) in [5.74, 6) is 0. The highest BCUT2D eigenvalue weighted by Crippen LogP contribution is 2.10. The minimum atomic E-state index is -3.12. The lowest BCUT2D eigenvalue weighted by molar-refractivity contribution is 0.348. The van der Waals surface area contributed by atoms with Crippen LogP contribution >= 0.6 is 0 Å². The fourth-order valence-corrected chi connectivity index (χ4v) is 2.57. The van der Waals surface area contributed by atoms with Gasteiger partial charge < -0.3 is 5.32 Å². The van der Waals surface area contributed by atoms with Gasteiger partial charge in [-0.2, -0.15) is 0 Å². The standard InChI is InChI=1S/C9H20N2O2S/c1-7(2)14(12,13)11-9-5-4-6-10-8(9)3/h7-11H,4-6H2,1-3H3/t8-,9-/m1/s1. The zero-order chi connectivity index (χ0) is 10.8. The van der Waals surface area contributed by atoms with Crippen molar-refractivity contribution < 1.29 is 8.42 Å². The summed E-state index contributed by atoms with van der Waals surface area (Å²) in [5, 5.41) is 2.92. The molecule has 0 amide bonds. The summed E-state index contributed by atoms with van der Waals surface area (Å²) in [6, 6.07) is 0.286. The van der Waals surface area contributed by atoms with Gasteiger partial charge in [-0.15, -0.1) is 0 Å². The van der Waals surface area contributed by atoms with E-state index >= 15 is 0 Å². The summed E-state index contributed by atoms with van der Waals surface area (Å²) in [4.78, 5) is 0. The first-order valence-electron chi connectivity index (χ1n) is 5.18. The molecule has 4 nitrogen and oxygen atoms in total. The third kappa shape index (κ3) is 2.93. The van der Waals surface area contributed by atoms with Gasteiger partial charge in [0.25, 0.3) is 0 Å². The van der Waals surface area contributed by atoms with Gasteiger partial charge >= 0.3 is 0 Å². The molecule has 1 rings (SSSR count). The van der Waals surface area contributed by atoms with Crippen molar-refractivity contribution in [1.29, 1.82) is 0 Å². The second-order valence-corrected chi connectivity index (χ2v) is 6.47. The molecule has 0 aromatic rings. The maximum atomic E-state index is 11.6. The van der Waals surface area contributed by atoms with Crippen LogP contribution in [-0.4, -0.2) is 32.3 Å². The van der Waals surface area contributed by atoms with Crippen molar-refractivity contribution >= 4 is 10.0 Å². The SMILES string of the molecule is CC(C)S(=O)(=O)N[C@@H]1CCCN[C@@H]1C. The van der Waals surface area contributed by atoms with E-state index in [-0.39, 0.29) is 17.3 Å². The average Bonchev–Trinajstić information content (AvgIpc) is 2.08. The van der Waals surface area contributed by atoms with Gasteiger partial charge in [0.05, 0.1) is 5.25 Å². The van der Waals surface area contributed by atoms with Crippen LogP contribution in [-0.2, 0) is 10.0 Å². The lowest BCUT2D eigenvalue weighted by atomic mass is 10.0. The number of nitrogens with one attached hydrogen (secondary N) is 2. The predicted molar refractivity (Wildman–Crippen MR) is 57.7 cm³/mol. The Hall–Kier alpha value is -0.130. The molecular weight excluding hydrogens is 200 g/mol. The largest absolute Gasteiger partial charge is 0.313 e. The van der Waals surface area contributed by atoms with E-state index in [0.29, 0.717) is 0 Å². The zero-order valence-corrected chi connectivity index (χ0v) is 9.89. The van der Waals surface area contributed by atoms with Gasteiger partial charge in [0.15, 0.2) is 0 Å². The van der Waals surface area contributed by atoms with Gasteiger partial charge in [-0.05, 0) is 40.2 Å². The quantitative estimate of drug-likeness (QED) is 0.726. The van der Waals surface area contributed by atoms with E-state index in [1.54, 1.807) is 13.8 Å². The second-order valence-electron chi connectivity index (χ2n) is 4.20. The van der Waals surface area contributed by atoms with Crippen molar-refractivity contribution in [3.63, 3.8) is 0 Å². The molecule has 0 radical (unpaired) electrons. The summed E-state index contributed by atoms with van der Waals surface area (Å²) in [6.45, 7) is 6.40. The van der Waals surface area contributed by atoms with E-state index in [2.05, 4.69) is 10.0 Å². The Morgan fingerprint density at radius 2 is 2.07 bits per heavy atom. The fourth-order valence-electron chi connectivity index (χ4n) is 1.55. The summed E-state index contributed by atoms with van der Waals surface area (Å²) in [5.41, 5.74) is 0. The molecule has 0 bridgehead atoms. The Morgan fingerprint density at radius 3 is 2.57 bits per heavy atom. The minimum Gasteiger partial charge on any atom is -0.313 e. The summed E-state index contributed by atoms with van der Waals surface area (Å²) in [7, 11) is -3.12. The number of hydrogen-bond acceptors (Lipinski definition) is 3. The van der Waals surface area contributed by atoms with Gasteiger partial charge in [-0.25, -0.2) is 13.1 Å². The van der Waals surface area contributed by atoms with Gasteiger partial charge in [0.2, 0.25) is 10.0 Å². The number of rotatable bonds is 3. The molecule has 0 aliphatic carbocycles. The Kier molecular flexibility index (Phi) is 3.92. The van der Waals surface area contributed by atoms with E-state index in [9.17, 15) is 8.42 Å². The van der Waals surface area contributed by atoms with Gasteiger partial charge in [0.1, 0.15) is 0 Å².